The lowest BCUT2D eigenvalue weighted by molar-refractivity contribution is -0.144. The molecular weight excluding hydrogens is 677 g/mol. The summed E-state index contributed by atoms with van der Waals surface area (Å²) in [7, 11) is 4.61. The Labute approximate surface area is 286 Å². The van der Waals surface area contributed by atoms with Crippen molar-refractivity contribution in [2.75, 3.05) is 34.5 Å². The first-order chi connectivity index (χ1) is 23.7. The van der Waals surface area contributed by atoms with Gasteiger partial charge in [-0.25, -0.2) is 9.97 Å². The van der Waals surface area contributed by atoms with E-state index in [1.165, 1.54) is 51.6 Å². The Morgan fingerprint density at radius 3 is 1.73 bits per heavy atom. The fourth-order valence-corrected chi connectivity index (χ4v) is 7.66. The number of fused-ring (bicyclic) bond motifs is 6. The summed E-state index contributed by atoms with van der Waals surface area (Å²) in [5, 5.41) is 10.4. The number of carbonyl (C=O) groups excluding carboxylic acids is 1. The van der Waals surface area contributed by atoms with Gasteiger partial charge in [-0.2, -0.15) is 0 Å². The average Bonchev–Trinajstić information content (AvgIpc) is 3.65. The van der Waals surface area contributed by atoms with Crippen molar-refractivity contribution in [1.82, 2.24) is 19.1 Å². The van der Waals surface area contributed by atoms with Crippen LogP contribution in [-0.2, 0) is 27.4 Å². The Morgan fingerprint density at radius 2 is 1.20 bits per heavy atom. The number of benzene rings is 2. The van der Waals surface area contributed by atoms with Crippen molar-refractivity contribution >= 4 is 75.2 Å². The summed E-state index contributed by atoms with van der Waals surface area (Å²) in [6, 6.07) is 7.14. The molecule has 4 heterocycles. The lowest BCUT2D eigenvalue weighted by Gasteiger charge is -2.11. The maximum atomic E-state index is 13.2. The second-order valence-corrected chi connectivity index (χ2v) is 13.0. The van der Waals surface area contributed by atoms with E-state index in [4.69, 9.17) is 28.8 Å². The Hall–Kier alpha value is -5.22. The highest BCUT2D eigenvalue weighted by atomic mass is 32.1. The van der Waals surface area contributed by atoms with Crippen LogP contribution < -0.4 is 30.1 Å². The van der Waals surface area contributed by atoms with Gasteiger partial charge in [-0.15, -0.1) is 22.7 Å². The summed E-state index contributed by atoms with van der Waals surface area (Å²) >= 11 is 2.60. The summed E-state index contributed by atoms with van der Waals surface area (Å²) < 4.78 is 33.0. The zero-order valence-electron chi connectivity index (χ0n) is 26.8. The van der Waals surface area contributed by atoms with Crippen molar-refractivity contribution in [3.8, 4) is 23.0 Å². The van der Waals surface area contributed by atoms with Gasteiger partial charge in [0.1, 0.15) is 22.6 Å². The molecule has 0 saturated heterocycles. The Balaban J connectivity index is 1.04. The molecule has 0 unspecified atom stereocenters. The molecule has 1 N–H and O–H groups in total. The van der Waals surface area contributed by atoms with Crippen LogP contribution >= 0.6 is 22.7 Å². The number of rotatable bonds is 15. The van der Waals surface area contributed by atoms with Gasteiger partial charge in [0, 0.05) is 58.2 Å². The van der Waals surface area contributed by atoms with Crippen LogP contribution in [0.3, 0.4) is 0 Å². The maximum Gasteiger partial charge on any atom is 0.305 e. The second-order valence-electron chi connectivity index (χ2n) is 10.9. The van der Waals surface area contributed by atoms with E-state index in [1.807, 2.05) is 12.1 Å². The number of methoxy groups -OCH3 is 3. The normalized spacial score (nSPS) is 11.4. The fraction of sp³-hybridized carbons (Fsp3) is 0.333. The lowest BCUT2D eigenvalue weighted by Crippen LogP contribution is -2.20. The molecule has 0 amide bonds. The zero-order valence-corrected chi connectivity index (χ0v) is 28.5. The summed E-state index contributed by atoms with van der Waals surface area (Å²) in [4.78, 5) is 58.5. The van der Waals surface area contributed by atoms with E-state index in [0.717, 1.165) is 14.8 Å². The molecule has 2 aromatic carbocycles. The molecule has 0 fully saturated rings. The van der Waals surface area contributed by atoms with Crippen LogP contribution in [0.1, 0.15) is 25.7 Å². The summed E-state index contributed by atoms with van der Waals surface area (Å²) in [5.74, 6) is 0.620. The summed E-state index contributed by atoms with van der Waals surface area (Å²) in [5.41, 5.74) is 0.675. The number of esters is 1. The van der Waals surface area contributed by atoms with E-state index in [9.17, 15) is 19.2 Å². The van der Waals surface area contributed by atoms with E-state index in [-0.39, 0.29) is 43.7 Å². The van der Waals surface area contributed by atoms with Crippen molar-refractivity contribution < 1.29 is 38.4 Å². The molecule has 49 heavy (non-hydrogen) atoms. The van der Waals surface area contributed by atoms with Crippen LogP contribution in [0.2, 0.25) is 0 Å². The third-order valence-electron chi connectivity index (χ3n) is 7.85. The summed E-state index contributed by atoms with van der Waals surface area (Å²) in [6.07, 6.45) is 3.66. The molecule has 14 nitrogen and oxygen atoms in total. The highest BCUT2D eigenvalue weighted by Crippen LogP contribution is 2.40. The monoisotopic (exact) mass is 708 g/mol. The van der Waals surface area contributed by atoms with Crippen molar-refractivity contribution in [1.29, 1.82) is 0 Å². The van der Waals surface area contributed by atoms with Crippen molar-refractivity contribution in [2.24, 2.45) is 0 Å². The molecule has 4 aromatic heterocycles. The Bertz CT molecular complexity index is 2320. The van der Waals surface area contributed by atoms with Crippen LogP contribution in [0.25, 0.3) is 40.6 Å². The first-order valence-electron chi connectivity index (χ1n) is 15.3. The number of carbonyl (C=O) groups is 2. The minimum Gasteiger partial charge on any atom is -0.493 e. The third kappa shape index (κ3) is 6.87. The van der Waals surface area contributed by atoms with Gasteiger partial charge in [-0.3, -0.25) is 28.3 Å². The van der Waals surface area contributed by atoms with Gasteiger partial charge in [-0.05, 0) is 25.0 Å². The van der Waals surface area contributed by atoms with E-state index in [2.05, 4.69) is 9.97 Å². The zero-order chi connectivity index (χ0) is 34.7. The minimum absolute atomic E-state index is 0.00805. The van der Waals surface area contributed by atoms with Gasteiger partial charge < -0.3 is 28.8 Å². The van der Waals surface area contributed by atoms with E-state index >= 15 is 0 Å². The number of aromatic nitrogens is 4. The predicted octanol–water partition coefficient (Wildman–Crippen LogP) is 4.83. The predicted molar refractivity (Wildman–Crippen MR) is 185 cm³/mol. The van der Waals surface area contributed by atoms with Crippen molar-refractivity contribution in [3.63, 3.8) is 0 Å². The molecule has 0 radical (unpaired) electrons. The molecule has 256 valence electrons. The number of nitrogens with zero attached hydrogens (tertiary/aromatic N) is 4. The third-order valence-corrected chi connectivity index (χ3v) is 10.1. The van der Waals surface area contributed by atoms with Crippen LogP contribution in [0.4, 0.5) is 0 Å². The number of aryl methyl sites for hydroxylation is 2. The standard InChI is InChI=1S/C33H32N4O10S2/c1-43-20-12-18-24(14-21(20)44-2)48-30-28(18)34-17-37(33(30)42)9-5-7-27(40)47-11-10-46-23-13-19-25(15-22(23)45-3)49-31-29(19)35-16-36(32(31)41)8-4-6-26(38)39/h12-17H,4-11H2,1-3H3,(H,38,39). The van der Waals surface area contributed by atoms with Gasteiger partial charge in [0.25, 0.3) is 11.1 Å². The molecule has 0 saturated carbocycles. The molecule has 16 heteroatoms. The van der Waals surface area contributed by atoms with Crippen molar-refractivity contribution in [3.05, 3.63) is 57.6 Å². The minimum atomic E-state index is -0.921. The molecule has 0 spiro atoms. The van der Waals surface area contributed by atoms with E-state index in [0.29, 0.717) is 68.2 Å². The average molecular weight is 709 g/mol. The summed E-state index contributed by atoms with van der Waals surface area (Å²) in [6.45, 7) is 0.595. The molecule has 0 aliphatic carbocycles. The molecule has 0 aliphatic rings. The quantitative estimate of drug-likeness (QED) is 0.114. The molecule has 6 rings (SSSR count). The van der Waals surface area contributed by atoms with Gasteiger partial charge in [0.2, 0.25) is 0 Å². The number of aliphatic carboxylic acids is 1. The molecular formula is C33H32N4O10S2. The smallest absolute Gasteiger partial charge is 0.305 e. The van der Waals surface area contributed by atoms with Gasteiger partial charge in [0.15, 0.2) is 23.0 Å². The number of carboxylic acid groups (broad SMARTS) is 1. The number of ether oxygens (including phenoxy) is 5. The largest absolute Gasteiger partial charge is 0.493 e. The van der Waals surface area contributed by atoms with E-state index < -0.39 is 11.9 Å². The fourth-order valence-electron chi connectivity index (χ4n) is 5.43. The van der Waals surface area contributed by atoms with Gasteiger partial charge >= 0.3 is 11.9 Å². The van der Waals surface area contributed by atoms with Crippen LogP contribution in [0.15, 0.2) is 46.5 Å². The van der Waals surface area contributed by atoms with E-state index in [1.54, 1.807) is 26.4 Å². The van der Waals surface area contributed by atoms with Crippen LogP contribution in [-0.4, -0.2) is 70.7 Å². The first kappa shape index (κ1) is 33.7. The number of thiophene rings is 2. The number of hydrogen-bond acceptors (Lipinski definition) is 13. The molecule has 6 aromatic rings. The highest BCUT2D eigenvalue weighted by Gasteiger charge is 2.18. The molecule has 0 bridgehead atoms. The lowest BCUT2D eigenvalue weighted by atomic mass is 10.2. The topological polar surface area (TPSA) is 170 Å². The Morgan fingerprint density at radius 1 is 0.714 bits per heavy atom. The highest BCUT2D eigenvalue weighted by molar-refractivity contribution is 7.26. The molecule has 0 atom stereocenters. The van der Waals surface area contributed by atoms with Gasteiger partial charge in [-0.1, -0.05) is 0 Å². The Kier molecular flexibility index (Phi) is 9.96. The van der Waals surface area contributed by atoms with Crippen molar-refractivity contribution in [2.45, 2.75) is 38.8 Å². The number of carboxylic acids is 1. The second kappa shape index (κ2) is 14.5. The maximum absolute atomic E-state index is 13.2. The van der Waals surface area contributed by atoms with Crippen LogP contribution in [0.5, 0.6) is 23.0 Å². The van der Waals surface area contributed by atoms with Crippen LogP contribution in [0, 0.1) is 0 Å². The SMILES string of the molecule is COc1cc2sc3c(=O)n(CCCC(=O)OCCOc4cc5c(cc4OC)sc4c(=O)n(CCCC(=O)O)cnc45)cnc3c2cc1OC. The van der Waals surface area contributed by atoms with Gasteiger partial charge in [0.05, 0.1) is 45.0 Å². The molecule has 0 aliphatic heterocycles. The first-order valence-corrected chi connectivity index (χ1v) is 16.9. The number of hydrogen-bond donors (Lipinski definition) is 1.